The number of piperidine rings is 1. The van der Waals surface area contributed by atoms with Crippen molar-refractivity contribution in [2.45, 2.75) is 43.9 Å². The second-order valence-corrected chi connectivity index (χ2v) is 8.38. The van der Waals surface area contributed by atoms with Gasteiger partial charge in [-0.1, -0.05) is 6.07 Å². The number of benzene rings is 1. The Morgan fingerprint density at radius 3 is 2.87 bits per heavy atom. The number of amides is 1. The highest BCUT2D eigenvalue weighted by Gasteiger charge is 2.42. The van der Waals surface area contributed by atoms with Crippen LogP contribution in [0.2, 0.25) is 0 Å². The second kappa shape index (κ2) is 8.24. The molecule has 2 saturated heterocycles. The van der Waals surface area contributed by atoms with Crippen LogP contribution >= 0.6 is 0 Å². The number of aromatic nitrogens is 1. The molecule has 2 aromatic rings. The van der Waals surface area contributed by atoms with Crippen LogP contribution in [0.25, 0.3) is 0 Å². The maximum absolute atomic E-state index is 12.2. The van der Waals surface area contributed by atoms with Crippen molar-refractivity contribution in [1.82, 2.24) is 15.2 Å². The Morgan fingerprint density at radius 2 is 2.03 bits per heavy atom. The predicted molar refractivity (Wildman–Crippen MR) is 110 cm³/mol. The molecule has 1 spiro atoms. The van der Waals surface area contributed by atoms with E-state index in [-0.39, 0.29) is 17.6 Å². The number of pyridine rings is 1. The standard InChI is InChI=1S/C23H27N3O4/c27-22(18-2-1-9-24-13-18)25-14-19-5-6-23(30-19)7-10-26(11-8-23)15-17-3-4-20-21(12-17)29-16-28-20/h1-4,9,12-13,19H,5-8,10-11,14-16H2,(H,25,27). The molecule has 1 aromatic heterocycles. The maximum atomic E-state index is 12.2. The summed E-state index contributed by atoms with van der Waals surface area (Å²) < 4.78 is 17.3. The largest absolute Gasteiger partial charge is 0.454 e. The van der Waals surface area contributed by atoms with Gasteiger partial charge in [-0.15, -0.1) is 0 Å². The molecule has 1 unspecified atom stereocenters. The highest BCUT2D eigenvalue weighted by Crippen LogP contribution is 2.39. The van der Waals surface area contributed by atoms with Gasteiger partial charge in [0.05, 0.1) is 17.3 Å². The SMILES string of the molecule is O=C(NCC1CCC2(CCN(Cc3ccc4c(c3)OCO4)CC2)O1)c1cccnc1. The lowest BCUT2D eigenvalue weighted by molar-refractivity contribution is -0.0764. The van der Waals surface area contributed by atoms with Crippen LogP contribution in [0.1, 0.15) is 41.6 Å². The lowest BCUT2D eigenvalue weighted by atomic mass is 9.88. The molecule has 1 aromatic carbocycles. The van der Waals surface area contributed by atoms with Gasteiger partial charge in [0.15, 0.2) is 11.5 Å². The molecular formula is C23H27N3O4. The fourth-order valence-electron chi connectivity index (χ4n) is 4.63. The van der Waals surface area contributed by atoms with Gasteiger partial charge in [-0.25, -0.2) is 0 Å². The average Bonchev–Trinajstić information content (AvgIpc) is 3.41. The van der Waals surface area contributed by atoms with Gasteiger partial charge in [0, 0.05) is 38.6 Å². The molecule has 4 heterocycles. The molecule has 1 amide bonds. The van der Waals surface area contributed by atoms with Crippen LogP contribution in [0.3, 0.4) is 0 Å². The first-order chi connectivity index (χ1) is 14.7. The quantitative estimate of drug-likeness (QED) is 0.819. The van der Waals surface area contributed by atoms with E-state index < -0.39 is 0 Å². The smallest absolute Gasteiger partial charge is 0.252 e. The summed E-state index contributed by atoms with van der Waals surface area (Å²) in [5.74, 6) is 1.58. The number of nitrogens with zero attached hydrogens (tertiary/aromatic N) is 2. The number of nitrogens with one attached hydrogen (secondary N) is 1. The Bertz CT molecular complexity index is 897. The topological polar surface area (TPSA) is 72.9 Å². The number of carbonyl (C=O) groups excluding carboxylic acids is 1. The molecule has 0 saturated carbocycles. The van der Waals surface area contributed by atoms with Gasteiger partial charge in [0.1, 0.15) is 0 Å². The zero-order valence-corrected chi connectivity index (χ0v) is 17.0. The third-order valence-corrected chi connectivity index (χ3v) is 6.36. The molecule has 2 fully saturated rings. The van der Waals surface area contributed by atoms with Gasteiger partial charge in [0.2, 0.25) is 6.79 Å². The van der Waals surface area contributed by atoms with Crippen LogP contribution in [-0.2, 0) is 11.3 Å². The Labute approximate surface area is 176 Å². The third-order valence-electron chi connectivity index (χ3n) is 6.36. The number of carbonyl (C=O) groups is 1. The maximum Gasteiger partial charge on any atom is 0.252 e. The molecule has 3 aliphatic heterocycles. The summed E-state index contributed by atoms with van der Waals surface area (Å²) in [7, 11) is 0. The Hall–Kier alpha value is -2.64. The minimum Gasteiger partial charge on any atom is -0.454 e. The van der Waals surface area contributed by atoms with Crippen molar-refractivity contribution in [3.8, 4) is 11.5 Å². The summed E-state index contributed by atoms with van der Waals surface area (Å²) in [5, 5.41) is 2.99. The van der Waals surface area contributed by atoms with Gasteiger partial charge in [0.25, 0.3) is 5.91 Å². The highest BCUT2D eigenvalue weighted by atomic mass is 16.7. The average molecular weight is 409 g/mol. The van der Waals surface area contributed by atoms with E-state index in [0.29, 0.717) is 18.9 Å². The van der Waals surface area contributed by atoms with Crippen LogP contribution < -0.4 is 14.8 Å². The first-order valence-corrected chi connectivity index (χ1v) is 10.7. The van der Waals surface area contributed by atoms with Crippen LogP contribution in [0.4, 0.5) is 0 Å². The summed E-state index contributed by atoms with van der Waals surface area (Å²) in [5.41, 5.74) is 1.80. The second-order valence-electron chi connectivity index (χ2n) is 8.38. The van der Waals surface area contributed by atoms with E-state index in [9.17, 15) is 4.79 Å². The normalized spacial score (nSPS) is 22.3. The first kappa shape index (κ1) is 19.3. The zero-order chi connectivity index (χ0) is 20.4. The van der Waals surface area contributed by atoms with Crippen LogP contribution in [0.5, 0.6) is 11.5 Å². The number of likely N-dealkylation sites (tertiary alicyclic amines) is 1. The fourth-order valence-corrected chi connectivity index (χ4v) is 4.63. The lowest BCUT2D eigenvalue weighted by Crippen LogP contribution is -2.44. The summed E-state index contributed by atoms with van der Waals surface area (Å²) in [6.07, 6.45) is 7.47. The molecule has 5 rings (SSSR count). The Morgan fingerprint density at radius 1 is 1.17 bits per heavy atom. The molecule has 1 N–H and O–H groups in total. The van der Waals surface area contributed by atoms with Crippen LogP contribution in [0, 0.1) is 0 Å². The predicted octanol–water partition coefficient (Wildman–Crippen LogP) is 2.75. The van der Waals surface area contributed by atoms with Gasteiger partial charge >= 0.3 is 0 Å². The van der Waals surface area contributed by atoms with E-state index in [1.165, 1.54) is 5.56 Å². The molecule has 1 atom stereocenters. The van der Waals surface area contributed by atoms with E-state index >= 15 is 0 Å². The monoisotopic (exact) mass is 409 g/mol. The van der Waals surface area contributed by atoms with Gasteiger partial charge < -0.3 is 19.5 Å². The molecule has 0 radical (unpaired) electrons. The van der Waals surface area contributed by atoms with Crippen molar-refractivity contribution >= 4 is 5.91 Å². The molecule has 158 valence electrons. The molecule has 0 bridgehead atoms. The zero-order valence-electron chi connectivity index (χ0n) is 17.0. The Balaban J connectivity index is 1.09. The van der Waals surface area contributed by atoms with Crippen molar-refractivity contribution in [2.24, 2.45) is 0 Å². The van der Waals surface area contributed by atoms with E-state index in [4.69, 9.17) is 14.2 Å². The minimum absolute atomic E-state index is 0.0327. The Kier molecular flexibility index (Phi) is 5.31. The van der Waals surface area contributed by atoms with Gasteiger partial charge in [-0.2, -0.15) is 0 Å². The van der Waals surface area contributed by atoms with Crippen molar-refractivity contribution < 1.29 is 19.0 Å². The van der Waals surface area contributed by atoms with E-state index in [0.717, 1.165) is 56.8 Å². The molecule has 0 aliphatic carbocycles. The van der Waals surface area contributed by atoms with Crippen molar-refractivity contribution in [3.63, 3.8) is 0 Å². The minimum atomic E-state index is -0.0915. The summed E-state index contributed by atoms with van der Waals surface area (Å²) in [4.78, 5) is 18.7. The van der Waals surface area contributed by atoms with Crippen molar-refractivity contribution in [2.75, 3.05) is 26.4 Å². The number of rotatable bonds is 5. The highest BCUT2D eigenvalue weighted by molar-refractivity contribution is 5.93. The van der Waals surface area contributed by atoms with E-state index in [1.807, 2.05) is 6.07 Å². The number of fused-ring (bicyclic) bond motifs is 1. The molecule has 30 heavy (non-hydrogen) atoms. The lowest BCUT2D eigenvalue weighted by Gasteiger charge is -2.39. The summed E-state index contributed by atoms with van der Waals surface area (Å²) in [6.45, 7) is 3.81. The molecular weight excluding hydrogens is 382 g/mol. The third kappa shape index (κ3) is 4.13. The van der Waals surface area contributed by atoms with Crippen LogP contribution in [-0.4, -0.2) is 53.9 Å². The summed E-state index contributed by atoms with van der Waals surface area (Å²) in [6, 6.07) is 9.74. The number of ether oxygens (including phenoxy) is 3. The van der Waals surface area contributed by atoms with Crippen molar-refractivity contribution in [1.29, 1.82) is 0 Å². The number of hydrogen-bond donors (Lipinski definition) is 1. The van der Waals surface area contributed by atoms with Gasteiger partial charge in [-0.05, 0) is 55.5 Å². The van der Waals surface area contributed by atoms with Crippen LogP contribution in [0.15, 0.2) is 42.7 Å². The molecule has 3 aliphatic rings. The fraction of sp³-hybridized carbons (Fsp3) is 0.478. The van der Waals surface area contributed by atoms with E-state index in [2.05, 4.69) is 27.3 Å². The molecule has 7 heteroatoms. The van der Waals surface area contributed by atoms with E-state index in [1.54, 1.807) is 24.5 Å². The van der Waals surface area contributed by atoms with Crippen molar-refractivity contribution in [3.05, 3.63) is 53.9 Å². The summed E-state index contributed by atoms with van der Waals surface area (Å²) >= 11 is 0. The number of hydrogen-bond acceptors (Lipinski definition) is 6. The molecule has 7 nitrogen and oxygen atoms in total. The first-order valence-electron chi connectivity index (χ1n) is 10.7. The van der Waals surface area contributed by atoms with Gasteiger partial charge in [-0.3, -0.25) is 14.7 Å².